The van der Waals surface area contributed by atoms with E-state index in [1.54, 1.807) is 0 Å². The number of ether oxygens (including phenoxy) is 1. The lowest BCUT2D eigenvalue weighted by Crippen LogP contribution is -2.09. The van der Waals surface area contributed by atoms with Crippen molar-refractivity contribution in [1.82, 2.24) is 4.98 Å². The number of hydrogen-bond donors (Lipinski definition) is 0. The molecule has 1 aromatic rings. The third kappa shape index (κ3) is 3.70. The molecule has 0 saturated heterocycles. The molecule has 0 N–H and O–H groups in total. The molecule has 1 heterocycles. The number of hydrogen-bond acceptors (Lipinski definition) is 3. The number of esters is 1. The highest BCUT2D eigenvalue weighted by Crippen LogP contribution is 2.29. The Kier molecular flexibility index (Phi) is 5.45. The number of nitrogens with zero attached hydrogens (tertiary/aromatic N) is 1. The van der Waals surface area contributed by atoms with E-state index in [0.29, 0.717) is 16.6 Å². The van der Waals surface area contributed by atoms with Gasteiger partial charge < -0.3 is 4.74 Å². The molecule has 0 aliphatic heterocycles. The van der Waals surface area contributed by atoms with Crippen LogP contribution in [0.25, 0.3) is 0 Å². The Hall–Kier alpha value is -0.560. The van der Waals surface area contributed by atoms with Gasteiger partial charge in [-0.05, 0) is 27.6 Å². The second-order valence-corrected chi connectivity index (χ2v) is 4.47. The number of carbonyl (C=O) groups is 1. The minimum absolute atomic E-state index is 0.0421. The van der Waals surface area contributed by atoms with Crippen molar-refractivity contribution in [2.75, 3.05) is 7.11 Å². The first-order valence-corrected chi connectivity index (χ1v) is 6.50. The second-order valence-electron chi connectivity index (χ2n) is 3.16. The highest BCUT2D eigenvalue weighted by atomic mass is 79.9. The van der Waals surface area contributed by atoms with Gasteiger partial charge in [-0.3, -0.25) is 4.79 Å². The molecule has 0 aliphatic rings. The van der Waals surface area contributed by atoms with Crippen LogP contribution >= 0.6 is 31.9 Å². The number of carbonyl (C=O) groups excluding carboxylic acids is 1. The Morgan fingerprint density at radius 3 is 2.71 bits per heavy atom. The fraction of sp³-hybridized carbons (Fsp3) is 0.400. The van der Waals surface area contributed by atoms with E-state index in [9.17, 15) is 13.6 Å². The van der Waals surface area contributed by atoms with E-state index in [1.165, 1.54) is 13.2 Å². The van der Waals surface area contributed by atoms with Crippen LogP contribution in [0.15, 0.2) is 10.7 Å². The Balaban J connectivity index is 3.14. The van der Waals surface area contributed by atoms with Crippen molar-refractivity contribution in [2.45, 2.75) is 18.2 Å². The minimum atomic E-state index is -2.61. The maximum Gasteiger partial charge on any atom is 0.311 e. The van der Waals surface area contributed by atoms with Gasteiger partial charge in [0.1, 0.15) is 4.60 Å². The van der Waals surface area contributed by atoms with Crippen molar-refractivity contribution in [1.29, 1.82) is 0 Å². The summed E-state index contributed by atoms with van der Waals surface area (Å²) < 4.78 is 29.8. The predicted octanol–water partition coefficient (Wildman–Crippen LogP) is 3.39. The SMILES string of the molecule is COC(=O)Cc1nc(Br)c(C(F)F)cc1CBr. The van der Waals surface area contributed by atoms with E-state index in [-0.39, 0.29) is 16.6 Å². The van der Waals surface area contributed by atoms with Gasteiger partial charge in [0, 0.05) is 5.33 Å². The molecule has 17 heavy (non-hydrogen) atoms. The number of pyridine rings is 1. The van der Waals surface area contributed by atoms with Crippen LogP contribution in [0.1, 0.15) is 23.2 Å². The Morgan fingerprint density at radius 2 is 2.24 bits per heavy atom. The van der Waals surface area contributed by atoms with E-state index in [4.69, 9.17) is 0 Å². The number of rotatable bonds is 4. The van der Waals surface area contributed by atoms with E-state index < -0.39 is 12.4 Å². The summed E-state index contributed by atoms with van der Waals surface area (Å²) in [5.74, 6) is -0.462. The third-order valence-electron chi connectivity index (χ3n) is 2.09. The van der Waals surface area contributed by atoms with Gasteiger partial charge >= 0.3 is 5.97 Å². The quantitative estimate of drug-likeness (QED) is 0.462. The van der Waals surface area contributed by atoms with Crippen LogP contribution in [0.3, 0.4) is 0 Å². The number of methoxy groups -OCH3 is 1. The number of aromatic nitrogens is 1. The summed E-state index contributed by atoms with van der Waals surface area (Å²) in [5, 5.41) is 0.347. The summed E-state index contributed by atoms with van der Waals surface area (Å²) in [6.45, 7) is 0. The van der Waals surface area contributed by atoms with Crippen LogP contribution < -0.4 is 0 Å². The van der Waals surface area contributed by atoms with Gasteiger partial charge in [0.05, 0.1) is 24.8 Å². The Bertz CT molecular complexity index is 427. The number of halogens is 4. The first kappa shape index (κ1) is 14.5. The highest BCUT2D eigenvalue weighted by molar-refractivity contribution is 9.10. The Morgan fingerprint density at radius 1 is 1.59 bits per heavy atom. The van der Waals surface area contributed by atoms with Gasteiger partial charge in [-0.15, -0.1) is 0 Å². The lowest BCUT2D eigenvalue weighted by molar-refractivity contribution is -0.139. The molecule has 0 aliphatic carbocycles. The zero-order valence-electron chi connectivity index (χ0n) is 8.84. The molecule has 0 amide bonds. The van der Waals surface area contributed by atoms with E-state index in [0.717, 1.165) is 0 Å². The molecule has 0 spiro atoms. The van der Waals surface area contributed by atoms with E-state index in [1.807, 2.05) is 0 Å². The Labute approximate surface area is 114 Å². The molecule has 94 valence electrons. The third-order valence-corrected chi connectivity index (χ3v) is 3.33. The van der Waals surface area contributed by atoms with Crippen LogP contribution in [0.2, 0.25) is 0 Å². The molecule has 0 radical (unpaired) electrons. The summed E-state index contributed by atoms with van der Waals surface area (Å²) >= 11 is 6.14. The van der Waals surface area contributed by atoms with E-state index in [2.05, 4.69) is 41.6 Å². The maximum atomic E-state index is 12.6. The normalized spacial score (nSPS) is 10.7. The molecule has 0 bridgehead atoms. The first-order chi connectivity index (χ1) is 7.99. The van der Waals surface area contributed by atoms with Crippen LogP contribution in [0.5, 0.6) is 0 Å². The highest BCUT2D eigenvalue weighted by Gasteiger charge is 2.18. The van der Waals surface area contributed by atoms with Gasteiger partial charge in [0.15, 0.2) is 0 Å². The standard InChI is InChI=1S/C10H9Br2F2NO2/c1-17-8(16)3-7-5(4-11)2-6(10(13)14)9(12)15-7/h2,10H,3-4H2,1H3. The summed E-state index contributed by atoms with van der Waals surface area (Å²) in [5.41, 5.74) is 0.784. The molecule has 0 fully saturated rings. The molecule has 1 aromatic heterocycles. The van der Waals surface area contributed by atoms with Crippen molar-refractivity contribution >= 4 is 37.8 Å². The molecular weight excluding hydrogens is 364 g/mol. The van der Waals surface area contributed by atoms with Crippen molar-refractivity contribution in [3.63, 3.8) is 0 Å². The fourth-order valence-electron chi connectivity index (χ4n) is 1.22. The minimum Gasteiger partial charge on any atom is -0.469 e. The second kappa shape index (κ2) is 6.39. The largest absolute Gasteiger partial charge is 0.469 e. The fourth-order valence-corrected chi connectivity index (χ4v) is 2.20. The summed E-state index contributed by atoms with van der Waals surface area (Å²) in [6.07, 6.45) is -2.65. The summed E-state index contributed by atoms with van der Waals surface area (Å²) in [7, 11) is 1.26. The molecular formula is C10H9Br2F2NO2. The average Bonchev–Trinajstić information content (AvgIpc) is 2.28. The smallest absolute Gasteiger partial charge is 0.311 e. The topological polar surface area (TPSA) is 39.2 Å². The van der Waals surface area contributed by atoms with Crippen LogP contribution in [0.4, 0.5) is 8.78 Å². The lowest BCUT2D eigenvalue weighted by Gasteiger charge is -2.10. The number of alkyl halides is 3. The van der Waals surface area contributed by atoms with Crippen LogP contribution in [-0.2, 0) is 21.3 Å². The molecule has 0 saturated carbocycles. The molecule has 3 nitrogen and oxygen atoms in total. The molecule has 7 heteroatoms. The van der Waals surface area contributed by atoms with Gasteiger partial charge in [-0.25, -0.2) is 13.8 Å². The van der Waals surface area contributed by atoms with Crippen LogP contribution in [0, 0.1) is 0 Å². The zero-order chi connectivity index (χ0) is 13.0. The van der Waals surface area contributed by atoms with Crippen molar-refractivity contribution in [2.24, 2.45) is 0 Å². The zero-order valence-corrected chi connectivity index (χ0v) is 12.0. The van der Waals surface area contributed by atoms with Gasteiger partial charge in [-0.1, -0.05) is 15.9 Å². The molecule has 1 rings (SSSR count). The molecule has 0 atom stereocenters. The van der Waals surface area contributed by atoms with Gasteiger partial charge in [0.25, 0.3) is 6.43 Å². The van der Waals surface area contributed by atoms with Crippen molar-refractivity contribution in [3.05, 3.63) is 27.5 Å². The first-order valence-electron chi connectivity index (χ1n) is 4.58. The van der Waals surface area contributed by atoms with Gasteiger partial charge in [-0.2, -0.15) is 0 Å². The summed E-state index contributed by atoms with van der Waals surface area (Å²) in [6, 6.07) is 1.33. The molecule has 0 aromatic carbocycles. The van der Waals surface area contributed by atoms with Crippen molar-refractivity contribution in [3.8, 4) is 0 Å². The summed E-state index contributed by atoms with van der Waals surface area (Å²) in [4.78, 5) is 15.1. The van der Waals surface area contributed by atoms with E-state index >= 15 is 0 Å². The maximum absolute atomic E-state index is 12.6. The van der Waals surface area contributed by atoms with Crippen molar-refractivity contribution < 1.29 is 18.3 Å². The van der Waals surface area contributed by atoms with Gasteiger partial charge in [0.2, 0.25) is 0 Å². The predicted molar refractivity (Wildman–Crippen MR) is 65.2 cm³/mol. The molecule has 0 unspecified atom stereocenters. The lowest BCUT2D eigenvalue weighted by atomic mass is 10.1. The monoisotopic (exact) mass is 371 g/mol. The average molecular weight is 373 g/mol. The van der Waals surface area contributed by atoms with Crippen LogP contribution in [-0.4, -0.2) is 18.1 Å².